The minimum atomic E-state index is -0.0844. The Balaban J connectivity index is 1.85. The first kappa shape index (κ1) is 13.7. The van der Waals surface area contributed by atoms with Crippen molar-refractivity contribution in [3.63, 3.8) is 0 Å². The summed E-state index contributed by atoms with van der Waals surface area (Å²) in [5.41, 5.74) is 2.52. The number of benzene rings is 1. The van der Waals surface area contributed by atoms with Crippen LogP contribution in [0.4, 0.5) is 4.79 Å². The number of fused-ring (bicyclic) bond motifs is 1. The van der Waals surface area contributed by atoms with E-state index in [1.54, 1.807) is 0 Å². The monoisotopic (exact) mass is 262 g/mol. The summed E-state index contributed by atoms with van der Waals surface area (Å²) in [5.74, 6) is 1.00. The standard InChI is InChI=1S/C15H22N2O2/c1-3-7-16-15(18)17-11(2)9-12-4-5-14-13(10-12)6-8-19-14/h4-5,10-11H,3,6-9H2,1-2H3,(H2,16,17,18). The van der Waals surface area contributed by atoms with Crippen LogP contribution < -0.4 is 15.4 Å². The third-order valence-corrected chi connectivity index (χ3v) is 3.21. The number of carbonyl (C=O) groups excluding carboxylic acids is 1. The van der Waals surface area contributed by atoms with E-state index < -0.39 is 0 Å². The molecule has 1 heterocycles. The molecule has 0 aromatic heterocycles. The van der Waals surface area contributed by atoms with E-state index in [4.69, 9.17) is 4.74 Å². The molecule has 4 heteroatoms. The summed E-state index contributed by atoms with van der Waals surface area (Å²) in [4.78, 5) is 11.5. The fourth-order valence-electron chi connectivity index (χ4n) is 2.28. The van der Waals surface area contributed by atoms with Crippen LogP contribution in [0, 0.1) is 0 Å². The van der Waals surface area contributed by atoms with Gasteiger partial charge in [0.25, 0.3) is 0 Å². The maximum absolute atomic E-state index is 11.5. The lowest BCUT2D eigenvalue weighted by molar-refractivity contribution is 0.237. The van der Waals surface area contributed by atoms with Crippen molar-refractivity contribution in [3.8, 4) is 5.75 Å². The van der Waals surface area contributed by atoms with Crippen molar-refractivity contribution in [2.75, 3.05) is 13.2 Å². The van der Waals surface area contributed by atoms with Crippen LogP contribution in [-0.2, 0) is 12.8 Å². The average molecular weight is 262 g/mol. The van der Waals surface area contributed by atoms with Gasteiger partial charge in [0.15, 0.2) is 0 Å². The zero-order valence-electron chi connectivity index (χ0n) is 11.7. The first-order chi connectivity index (χ1) is 9.19. The van der Waals surface area contributed by atoms with E-state index in [1.165, 1.54) is 11.1 Å². The highest BCUT2D eigenvalue weighted by molar-refractivity contribution is 5.74. The van der Waals surface area contributed by atoms with Gasteiger partial charge in [-0.3, -0.25) is 0 Å². The summed E-state index contributed by atoms with van der Waals surface area (Å²) in [6, 6.07) is 6.33. The number of nitrogens with one attached hydrogen (secondary N) is 2. The van der Waals surface area contributed by atoms with Crippen LogP contribution in [0.2, 0.25) is 0 Å². The van der Waals surface area contributed by atoms with Crippen molar-refractivity contribution in [2.24, 2.45) is 0 Å². The van der Waals surface area contributed by atoms with Crippen molar-refractivity contribution in [1.82, 2.24) is 10.6 Å². The molecule has 2 N–H and O–H groups in total. The lowest BCUT2D eigenvalue weighted by Gasteiger charge is -2.15. The second-order valence-electron chi connectivity index (χ2n) is 5.05. The number of carbonyl (C=O) groups is 1. The Morgan fingerprint density at radius 3 is 3.11 bits per heavy atom. The number of urea groups is 1. The molecule has 0 radical (unpaired) electrons. The summed E-state index contributed by atoms with van der Waals surface area (Å²) < 4.78 is 5.49. The molecule has 104 valence electrons. The summed E-state index contributed by atoms with van der Waals surface area (Å²) in [7, 11) is 0. The minimum absolute atomic E-state index is 0.0844. The zero-order chi connectivity index (χ0) is 13.7. The smallest absolute Gasteiger partial charge is 0.315 e. The molecule has 2 rings (SSSR count). The van der Waals surface area contributed by atoms with Gasteiger partial charge in [-0.2, -0.15) is 0 Å². The topological polar surface area (TPSA) is 50.4 Å². The fraction of sp³-hybridized carbons (Fsp3) is 0.533. The van der Waals surface area contributed by atoms with E-state index in [9.17, 15) is 4.79 Å². The molecule has 1 aromatic carbocycles. The second kappa shape index (κ2) is 6.45. The fourth-order valence-corrected chi connectivity index (χ4v) is 2.28. The molecule has 19 heavy (non-hydrogen) atoms. The Bertz CT molecular complexity index is 446. The first-order valence-electron chi connectivity index (χ1n) is 6.98. The van der Waals surface area contributed by atoms with Gasteiger partial charge in [-0.15, -0.1) is 0 Å². The Morgan fingerprint density at radius 1 is 1.47 bits per heavy atom. The average Bonchev–Trinajstić information content (AvgIpc) is 2.83. The molecule has 0 saturated carbocycles. The molecule has 0 fully saturated rings. The quantitative estimate of drug-likeness (QED) is 0.855. The van der Waals surface area contributed by atoms with Crippen LogP contribution in [-0.4, -0.2) is 25.2 Å². The molecular weight excluding hydrogens is 240 g/mol. The molecule has 1 aromatic rings. The first-order valence-corrected chi connectivity index (χ1v) is 6.98. The molecule has 4 nitrogen and oxygen atoms in total. The van der Waals surface area contributed by atoms with Gasteiger partial charge < -0.3 is 15.4 Å². The van der Waals surface area contributed by atoms with Crippen molar-refractivity contribution in [2.45, 2.75) is 39.2 Å². The van der Waals surface area contributed by atoms with E-state index >= 15 is 0 Å². The van der Waals surface area contributed by atoms with Crippen LogP contribution in [0.3, 0.4) is 0 Å². The third kappa shape index (κ3) is 3.88. The van der Waals surface area contributed by atoms with E-state index in [-0.39, 0.29) is 12.1 Å². The van der Waals surface area contributed by atoms with Crippen molar-refractivity contribution >= 4 is 6.03 Å². The van der Waals surface area contributed by atoms with Crippen LogP contribution in [0.5, 0.6) is 5.75 Å². The molecule has 0 spiro atoms. The van der Waals surface area contributed by atoms with Crippen LogP contribution in [0.15, 0.2) is 18.2 Å². The summed E-state index contributed by atoms with van der Waals surface area (Å²) in [5, 5.41) is 5.77. The summed E-state index contributed by atoms with van der Waals surface area (Å²) in [6.45, 7) is 5.56. The highest BCUT2D eigenvalue weighted by atomic mass is 16.5. The second-order valence-corrected chi connectivity index (χ2v) is 5.05. The number of rotatable bonds is 5. The maximum Gasteiger partial charge on any atom is 0.315 e. The largest absolute Gasteiger partial charge is 0.493 e. The van der Waals surface area contributed by atoms with E-state index in [2.05, 4.69) is 22.8 Å². The number of hydrogen-bond acceptors (Lipinski definition) is 2. The molecular formula is C15H22N2O2. The van der Waals surface area contributed by atoms with Crippen molar-refractivity contribution in [3.05, 3.63) is 29.3 Å². The number of amides is 2. The lowest BCUT2D eigenvalue weighted by Crippen LogP contribution is -2.41. The van der Waals surface area contributed by atoms with Crippen molar-refractivity contribution in [1.29, 1.82) is 0 Å². The van der Waals surface area contributed by atoms with Crippen molar-refractivity contribution < 1.29 is 9.53 Å². The Kier molecular flexibility index (Phi) is 4.66. The van der Waals surface area contributed by atoms with E-state index in [0.717, 1.165) is 38.2 Å². The zero-order valence-corrected chi connectivity index (χ0v) is 11.7. The van der Waals surface area contributed by atoms with Gasteiger partial charge in [0, 0.05) is 19.0 Å². The molecule has 0 saturated heterocycles. The van der Waals surface area contributed by atoms with Gasteiger partial charge in [0.2, 0.25) is 0 Å². The Hall–Kier alpha value is -1.71. The number of hydrogen-bond donors (Lipinski definition) is 2. The molecule has 2 amide bonds. The Morgan fingerprint density at radius 2 is 2.32 bits per heavy atom. The summed E-state index contributed by atoms with van der Waals surface area (Å²) >= 11 is 0. The van der Waals surface area contributed by atoms with Crippen LogP contribution in [0.25, 0.3) is 0 Å². The summed E-state index contributed by atoms with van der Waals surface area (Å²) in [6.07, 6.45) is 2.78. The van der Waals surface area contributed by atoms with Gasteiger partial charge >= 0.3 is 6.03 Å². The third-order valence-electron chi connectivity index (χ3n) is 3.21. The van der Waals surface area contributed by atoms with E-state index in [1.807, 2.05) is 19.9 Å². The van der Waals surface area contributed by atoms with Crippen LogP contribution in [0.1, 0.15) is 31.4 Å². The van der Waals surface area contributed by atoms with Gasteiger partial charge in [-0.25, -0.2) is 4.79 Å². The normalized spacial score (nSPS) is 14.4. The molecule has 1 aliphatic rings. The van der Waals surface area contributed by atoms with Crippen LogP contribution >= 0.6 is 0 Å². The van der Waals surface area contributed by atoms with Gasteiger partial charge in [-0.05, 0) is 37.0 Å². The molecule has 0 aliphatic carbocycles. The van der Waals surface area contributed by atoms with Gasteiger partial charge in [-0.1, -0.05) is 19.1 Å². The molecule has 0 bridgehead atoms. The molecule has 1 unspecified atom stereocenters. The molecule has 1 aliphatic heterocycles. The highest BCUT2D eigenvalue weighted by Crippen LogP contribution is 2.26. The molecule has 1 atom stereocenters. The van der Waals surface area contributed by atoms with Gasteiger partial charge in [0.05, 0.1) is 6.61 Å². The van der Waals surface area contributed by atoms with E-state index in [0.29, 0.717) is 0 Å². The number of ether oxygens (including phenoxy) is 1. The SMILES string of the molecule is CCCNC(=O)NC(C)Cc1ccc2c(c1)CCO2. The minimum Gasteiger partial charge on any atom is -0.493 e. The Labute approximate surface area is 114 Å². The van der Waals surface area contributed by atoms with Gasteiger partial charge in [0.1, 0.15) is 5.75 Å². The highest BCUT2D eigenvalue weighted by Gasteiger charge is 2.13. The lowest BCUT2D eigenvalue weighted by atomic mass is 10.0. The maximum atomic E-state index is 11.5. The predicted octanol–water partition coefficient (Wildman–Crippen LogP) is 2.26. The predicted molar refractivity (Wildman–Crippen MR) is 75.6 cm³/mol.